The quantitative estimate of drug-likeness (QED) is 0.872. The van der Waals surface area contributed by atoms with Gasteiger partial charge >= 0.3 is 0 Å². The van der Waals surface area contributed by atoms with Gasteiger partial charge in [-0.25, -0.2) is 0 Å². The van der Waals surface area contributed by atoms with Crippen molar-refractivity contribution in [1.82, 2.24) is 0 Å². The summed E-state index contributed by atoms with van der Waals surface area (Å²) in [4.78, 5) is -0.0661. The summed E-state index contributed by atoms with van der Waals surface area (Å²) < 4.78 is 30.8. The van der Waals surface area contributed by atoms with E-state index in [1.807, 2.05) is 18.2 Å². The number of benzene rings is 2. The summed E-state index contributed by atoms with van der Waals surface area (Å²) in [5, 5.41) is 0. The van der Waals surface area contributed by atoms with Crippen LogP contribution in [0.2, 0.25) is 0 Å². The molecule has 0 fully saturated rings. The molecule has 2 aromatic rings. The molecule has 0 saturated carbocycles. The molecule has 3 nitrogen and oxygen atoms in total. The van der Waals surface area contributed by atoms with Crippen molar-refractivity contribution in [3.05, 3.63) is 65.7 Å². The summed E-state index contributed by atoms with van der Waals surface area (Å²) in [5.74, 6) is 0.359. The van der Waals surface area contributed by atoms with Crippen molar-refractivity contribution >= 4 is 10.1 Å². The Labute approximate surface area is 113 Å². The number of rotatable bonds is 4. The van der Waals surface area contributed by atoms with Crippen LogP contribution in [0.4, 0.5) is 0 Å². The maximum absolute atomic E-state index is 10.9. The molecule has 100 valence electrons. The molecular weight excluding hydrogens is 260 g/mol. The molecule has 1 atom stereocenters. The largest absolute Gasteiger partial charge is 0.294 e. The molecule has 19 heavy (non-hydrogen) atoms. The Balaban J connectivity index is 2.12. The fourth-order valence-electron chi connectivity index (χ4n) is 2.05. The Bertz CT molecular complexity index is 631. The zero-order valence-electron chi connectivity index (χ0n) is 10.7. The highest BCUT2D eigenvalue weighted by molar-refractivity contribution is 7.85. The van der Waals surface area contributed by atoms with E-state index in [2.05, 4.69) is 19.1 Å². The van der Waals surface area contributed by atoms with Gasteiger partial charge in [-0.15, -0.1) is 0 Å². The van der Waals surface area contributed by atoms with Crippen LogP contribution < -0.4 is 0 Å². The van der Waals surface area contributed by atoms with Crippen LogP contribution in [0.1, 0.15) is 24.0 Å². The fourth-order valence-corrected chi connectivity index (χ4v) is 2.53. The van der Waals surface area contributed by atoms with Gasteiger partial charge in [0.25, 0.3) is 10.1 Å². The first-order valence-corrected chi connectivity index (χ1v) is 7.52. The molecule has 0 aliphatic heterocycles. The molecule has 1 unspecified atom stereocenters. The van der Waals surface area contributed by atoms with E-state index in [-0.39, 0.29) is 4.90 Å². The summed E-state index contributed by atoms with van der Waals surface area (Å²) in [6.07, 6.45) is 0.829. The van der Waals surface area contributed by atoms with Gasteiger partial charge in [0.15, 0.2) is 0 Å². The maximum Gasteiger partial charge on any atom is 0.294 e. The molecule has 0 spiro atoms. The van der Waals surface area contributed by atoms with Crippen LogP contribution in [-0.4, -0.2) is 13.0 Å². The van der Waals surface area contributed by atoms with Gasteiger partial charge in [0, 0.05) is 0 Å². The van der Waals surface area contributed by atoms with Gasteiger partial charge in [-0.3, -0.25) is 4.55 Å². The molecule has 1 N–H and O–H groups in total. The Kier molecular flexibility index (Phi) is 4.02. The lowest BCUT2D eigenvalue weighted by Crippen LogP contribution is -2.00. The first-order chi connectivity index (χ1) is 8.97. The first kappa shape index (κ1) is 13.8. The molecule has 0 heterocycles. The number of hydrogen-bond donors (Lipinski definition) is 1. The van der Waals surface area contributed by atoms with Gasteiger partial charge in [-0.2, -0.15) is 8.42 Å². The fraction of sp³-hybridized carbons (Fsp3) is 0.200. The molecule has 0 aromatic heterocycles. The number of hydrogen-bond acceptors (Lipinski definition) is 2. The second-order valence-corrected chi connectivity index (χ2v) is 6.06. The van der Waals surface area contributed by atoms with E-state index in [1.165, 1.54) is 17.7 Å². The summed E-state index contributed by atoms with van der Waals surface area (Å²) in [7, 11) is -4.10. The van der Waals surface area contributed by atoms with E-state index in [1.54, 1.807) is 12.1 Å². The minimum Gasteiger partial charge on any atom is -0.282 e. The first-order valence-electron chi connectivity index (χ1n) is 6.08. The molecule has 0 aliphatic rings. The SMILES string of the molecule is CC(Cc1ccc(S(=O)(=O)O)cc1)c1ccccc1. The van der Waals surface area contributed by atoms with E-state index in [4.69, 9.17) is 4.55 Å². The summed E-state index contributed by atoms with van der Waals surface area (Å²) in [5.41, 5.74) is 2.30. The molecular formula is C15H16O3S. The topological polar surface area (TPSA) is 54.4 Å². The average Bonchev–Trinajstić information content (AvgIpc) is 2.39. The van der Waals surface area contributed by atoms with Gasteiger partial charge in [-0.1, -0.05) is 49.4 Å². The third-order valence-electron chi connectivity index (χ3n) is 3.13. The van der Waals surface area contributed by atoms with Gasteiger partial charge in [0.1, 0.15) is 0 Å². The van der Waals surface area contributed by atoms with Crippen molar-refractivity contribution in [2.75, 3.05) is 0 Å². The van der Waals surface area contributed by atoms with Gasteiger partial charge in [-0.05, 0) is 35.6 Å². The summed E-state index contributed by atoms with van der Waals surface area (Å²) >= 11 is 0. The lowest BCUT2D eigenvalue weighted by Gasteiger charge is -2.12. The third-order valence-corrected chi connectivity index (χ3v) is 4.00. The predicted octanol–water partition coefficient (Wildman–Crippen LogP) is 3.28. The van der Waals surface area contributed by atoms with E-state index in [9.17, 15) is 8.42 Å². The second-order valence-electron chi connectivity index (χ2n) is 4.63. The van der Waals surface area contributed by atoms with Crippen LogP contribution in [0.3, 0.4) is 0 Å². The van der Waals surface area contributed by atoms with E-state index in [0.717, 1.165) is 12.0 Å². The van der Waals surface area contributed by atoms with Gasteiger partial charge in [0.05, 0.1) is 4.90 Å². The zero-order chi connectivity index (χ0) is 13.9. The zero-order valence-corrected chi connectivity index (χ0v) is 11.5. The molecule has 0 saturated heterocycles. The predicted molar refractivity (Wildman–Crippen MR) is 74.8 cm³/mol. The normalized spacial score (nSPS) is 13.2. The molecule has 4 heteroatoms. The minimum atomic E-state index is -4.10. The van der Waals surface area contributed by atoms with Crippen molar-refractivity contribution in [3.63, 3.8) is 0 Å². The molecule has 2 rings (SSSR count). The summed E-state index contributed by atoms with van der Waals surface area (Å²) in [6.45, 7) is 2.13. The Morgan fingerprint density at radius 2 is 1.58 bits per heavy atom. The van der Waals surface area contributed by atoms with E-state index >= 15 is 0 Å². The monoisotopic (exact) mass is 276 g/mol. The smallest absolute Gasteiger partial charge is 0.282 e. The van der Waals surface area contributed by atoms with Gasteiger partial charge < -0.3 is 0 Å². The van der Waals surface area contributed by atoms with Crippen molar-refractivity contribution in [1.29, 1.82) is 0 Å². The second kappa shape index (κ2) is 5.55. The highest BCUT2D eigenvalue weighted by Gasteiger charge is 2.10. The Morgan fingerprint density at radius 3 is 2.11 bits per heavy atom. The van der Waals surface area contributed by atoms with Crippen LogP contribution in [0.15, 0.2) is 59.5 Å². The highest BCUT2D eigenvalue weighted by Crippen LogP contribution is 2.21. The van der Waals surface area contributed by atoms with Crippen LogP contribution in [0.5, 0.6) is 0 Å². The standard InChI is InChI=1S/C15H16O3S/c1-12(14-5-3-2-4-6-14)11-13-7-9-15(10-8-13)19(16,17)18/h2-10,12H,11H2,1H3,(H,16,17,18). The van der Waals surface area contributed by atoms with Crippen LogP contribution in [0, 0.1) is 0 Å². The molecule has 0 bridgehead atoms. The average molecular weight is 276 g/mol. The highest BCUT2D eigenvalue weighted by atomic mass is 32.2. The third kappa shape index (κ3) is 3.66. The molecule has 0 aliphatic carbocycles. The van der Waals surface area contributed by atoms with E-state index in [0.29, 0.717) is 5.92 Å². The minimum absolute atomic E-state index is 0.0661. The Hall–Kier alpha value is -1.65. The van der Waals surface area contributed by atoms with Gasteiger partial charge in [0.2, 0.25) is 0 Å². The van der Waals surface area contributed by atoms with Crippen molar-refractivity contribution in [2.24, 2.45) is 0 Å². The summed E-state index contributed by atoms with van der Waals surface area (Å²) in [6, 6.07) is 16.5. The van der Waals surface area contributed by atoms with Crippen LogP contribution in [0.25, 0.3) is 0 Å². The molecule has 0 amide bonds. The van der Waals surface area contributed by atoms with Crippen LogP contribution >= 0.6 is 0 Å². The van der Waals surface area contributed by atoms with Crippen molar-refractivity contribution in [3.8, 4) is 0 Å². The lowest BCUT2D eigenvalue weighted by molar-refractivity contribution is 0.483. The maximum atomic E-state index is 10.9. The van der Waals surface area contributed by atoms with E-state index < -0.39 is 10.1 Å². The lowest BCUT2D eigenvalue weighted by atomic mass is 9.94. The van der Waals surface area contributed by atoms with Crippen LogP contribution in [-0.2, 0) is 16.5 Å². The molecule has 0 radical (unpaired) electrons. The van der Waals surface area contributed by atoms with Crippen molar-refractivity contribution < 1.29 is 13.0 Å². The van der Waals surface area contributed by atoms with Crippen molar-refractivity contribution in [2.45, 2.75) is 24.2 Å². The molecule has 2 aromatic carbocycles. The Morgan fingerprint density at radius 1 is 1.00 bits per heavy atom.